The molecule has 0 radical (unpaired) electrons. The monoisotopic (exact) mass is 272 g/mol. The molecule has 2 aromatic rings. The Kier molecular flexibility index (Phi) is 3.26. The summed E-state index contributed by atoms with van der Waals surface area (Å²) < 4.78 is 7.05. The Hall–Kier alpha value is -1.81. The van der Waals surface area contributed by atoms with Gasteiger partial charge in [0.1, 0.15) is 5.75 Å². The van der Waals surface area contributed by atoms with Gasteiger partial charge in [-0.2, -0.15) is 5.10 Å². The molecule has 1 heterocycles. The Morgan fingerprint density at radius 1 is 1.35 bits per heavy atom. The van der Waals surface area contributed by atoms with Crippen molar-refractivity contribution >= 4 is 0 Å². The second-order valence-corrected chi connectivity index (χ2v) is 5.69. The predicted octanol–water partition coefficient (Wildman–Crippen LogP) is 1.89. The molecule has 4 nitrogen and oxygen atoms in total. The van der Waals surface area contributed by atoms with Crippen molar-refractivity contribution in [2.24, 2.45) is 7.05 Å². The third-order valence-electron chi connectivity index (χ3n) is 4.07. The average molecular weight is 272 g/mol. The van der Waals surface area contributed by atoms with Gasteiger partial charge in [0, 0.05) is 26.1 Å². The lowest BCUT2D eigenvalue weighted by atomic mass is 9.78. The lowest BCUT2D eigenvalue weighted by Gasteiger charge is -2.33. The van der Waals surface area contributed by atoms with E-state index in [2.05, 4.69) is 11.2 Å². The molecule has 1 aromatic heterocycles. The molecule has 1 N–H and O–H groups in total. The van der Waals surface area contributed by atoms with Crippen LogP contribution in [0.2, 0.25) is 0 Å². The first-order valence-corrected chi connectivity index (χ1v) is 6.95. The van der Waals surface area contributed by atoms with E-state index in [-0.39, 0.29) is 0 Å². The van der Waals surface area contributed by atoms with Crippen LogP contribution in [0.15, 0.2) is 30.5 Å². The first kappa shape index (κ1) is 13.2. The van der Waals surface area contributed by atoms with Crippen molar-refractivity contribution < 1.29 is 9.84 Å². The highest BCUT2D eigenvalue weighted by Gasteiger charge is 2.33. The minimum Gasteiger partial charge on any atom is -0.497 e. The van der Waals surface area contributed by atoms with Gasteiger partial charge in [-0.3, -0.25) is 4.68 Å². The molecule has 0 amide bonds. The van der Waals surface area contributed by atoms with Gasteiger partial charge in [-0.15, -0.1) is 0 Å². The van der Waals surface area contributed by atoms with Crippen LogP contribution in [0, 0.1) is 0 Å². The third-order valence-corrected chi connectivity index (χ3v) is 4.07. The van der Waals surface area contributed by atoms with Crippen LogP contribution in [-0.2, 0) is 26.3 Å². The topological polar surface area (TPSA) is 47.3 Å². The van der Waals surface area contributed by atoms with Crippen molar-refractivity contribution in [1.82, 2.24) is 9.78 Å². The molecular formula is C16H20N2O2. The average Bonchev–Trinajstić information content (AvgIpc) is 2.82. The van der Waals surface area contributed by atoms with E-state index < -0.39 is 5.60 Å². The number of nitrogens with zero attached hydrogens (tertiary/aromatic N) is 2. The van der Waals surface area contributed by atoms with Crippen LogP contribution in [0.25, 0.3) is 0 Å². The fraction of sp³-hybridized carbons (Fsp3) is 0.438. The van der Waals surface area contributed by atoms with Crippen LogP contribution in [0.4, 0.5) is 0 Å². The van der Waals surface area contributed by atoms with E-state index in [4.69, 9.17) is 4.74 Å². The van der Waals surface area contributed by atoms with Gasteiger partial charge in [-0.25, -0.2) is 0 Å². The molecule has 106 valence electrons. The zero-order valence-corrected chi connectivity index (χ0v) is 12.0. The molecule has 1 aliphatic carbocycles. The summed E-state index contributed by atoms with van der Waals surface area (Å²) in [5.74, 6) is 0.853. The van der Waals surface area contributed by atoms with Gasteiger partial charge in [0.05, 0.1) is 18.4 Å². The number of fused-ring (bicyclic) bond motifs is 1. The number of hydrogen-bond donors (Lipinski definition) is 1. The Labute approximate surface area is 119 Å². The van der Waals surface area contributed by atoms with Crippen molar-refractivity contribution in [2.75, 3.05) is 7.11 Å². The highest BCUT2D eigenvalue weighted by atomic mass is 16.5. The maximum Gasteiger partial charge on any atom is 0.119 e. The zero-order valence-electron chi connectivity index (χ0n) is 12.0. The second kappa shape index (κ2) is 4.94. The Morgan fingerprint density at radius 3 is 2.90 bits per heavy atom. The van der Waals surface area contributed by atoms with Gasteiger partial charge >= 0.3 is 0 Å². The summed E-state index contributed by atoms with van der Waals surface area (Å²) in [6.07, 6.45) is 4.87. The van der Waals surface area contributed by atoms with Crippen LogP contribution in [0.5, 0.6) is 5.75 Å². The number of aliphatic hydroxyl groups is 1. The summed E-state index contributed by atoms with van der Waals surface area (Å²) >= 11 is 0. The van der Waals surface area contributed by atoms with E-state index in [1.807, 2.05) is 31.4 Å². The molecule has 3 rings (SSSR count). The van der Waals surface area contributed by atoms with E-state index in [0.717, 1.165) is 24.3 Å². The summed E-state index contributed by atoms with van der Waals surface area (Å²) in [5.41, 5.74) is 2.75. The highest BCUT2D eigenvalue weighted by Crippen LogP contribution is 2.33. The molecule has 20 heavy (non-hydrogen) atoms. The molecule has 1 aliphatic rings. The van der Waals surface area contributed by atoms with Crippen molar-refractivity contribution in [3.05, 3.63) is 47.3 Å². The summed E-state index contributed by atoms with van der Waals surface area (Å²) in [4.78, 5) is 0. The molecule has 1 unspecified atom stereocenters. The minimum absolute atomic E-state index is 0.602. The van der Waals surface area contributed by atoms with Crippen molar-refractivity contribution in [2.45, 2.75) is 31.3 Å². The maximum atomic E-state index is 10.9. The number of ether oxygens (including phenoxy) is 1. The fourth-order valence-corrected chi connectivity index (χ4v) is 2.99. The third kappa shape index (κ3) is 2.56. The van der Waals surface area contributed by atoms with Crippen molar-refractivity contribution in [3.8, 4) is 5.75 Å². The SMILES string of the molecule is COc1ccc2c(c1)CC(O)(Cc1ccn(C)n1)CC2. The van der Waals surface area contributed by atoms with Gasteiger partial charge in [-0.05, 0) is 42.2 Å². The van der Waals surface area contributed by atoms with Crippen LogP contribution in [0.3, 0.4) is 0 Å². The predicted molar refractivity (Wildman–Crippen MR) is 76.9 cm³/mol. The van der Waals surface area contributed by atoms with E-state index in [1.165, 1.54) is 11.1 Å². The van der Waals surface area contributed by atoms with E-state index in [9.17, 15) is 5.11 Å². The van der Waals surface area contributed by atoms with Gasteiger partial charge in [-0.1, -0.05) is 6.07 Å². The lowest BCUT2D eigenvalue weighted by molar-refractivity contribution is 0.0257. The molecule has 4 heteroatoms. The lowest BCUT2D eigenvalue weighted by Crippen LogP contribution is -2.38. The number of aryl methyl sites for hydroxylation is 2. The first-order chi connectivity index (χ1) is 9.58. The largest absolute Gasteiger partial charge is 0.497 e. The van der Waals surface area contributed by atoms with Crippen LogP contribution < -0.4 is 4.74 Å². The summed E-state index contributed by atoms with van der Waals surface area (Å²) in [6.45, 7) is 0. The normalized spacial score (nSPS) is 21.6. The molecule has 0 aliphatic heterocycles. The smallest absolute Gasteiger partial charge is 0.119 e. The molecule has 1 aromatic carbocycles. The summed E-state index contributed by atoms with van der Waals surface area (Å²) in [6, 6.07) is 8.10. The fourth-order valence-electron chi connectivity index (χ4n) is 2.99. The molecule has 0 saturated carbocycles. The second-order valence-electron chi connectivity index (χ2n) is 5.69. The number of aromatic nitrogens is 2. The number of benzene rings is 1. The number of rotatable bonds is 3. The molecule has 0 fully saturated rings. The highest BCUT2D eigenvalue weighted by molar-refractivity contribution is 5.38. The standard InChI is InChI=1S/C16H20N2O2/c1-18-8-6-14(17-18)11-16(19)7-5-12-3-4-15(20-2)9-13(12)10-16/h3-4,6,8-9,19H,5,7,10-11H2,1-2H3. The molecule has 0 bridgehead atoms. The van der Waals surface area contributed by atoms with Gasteiger partial charge in [0.25, 0.3) is 0 Å². The van der Waals surface area contributed by atoms with Gasteiger partial charge in [0.2, 0.25) is 0 Å². The van der Waals surface area contributed by atoms with E-state index in [1.54, 1.807) is 11.8 Å². The molecule has 0 saturated heterocycles. The van der Waals surface area contributed by atoms with E-state index >= 15 is 0 Å². The first-order valence-electron chi connectivity index (χ1n) is 6.95. The molecule has 0 spiro atoms. The quantitative estimate of drug-likeness (QED) is 0.928. The Bertz CT molecular complexity index is 621. The molecular weight excluding hydrogens is 252 g/mol. The van der Waals surface area contributed by atoms with Crippen LogP contribution in [-0.4, -0.2) is 27.6 Å². The van der Waals surface area contributed by atoms with Gasteiger partial charge < -0.3 is 9.84 Å². The van der Waals surface area contributed by atoms with Crippen LogP contribution in [0.1, 0.15) is 23.2 Å². The van der Waals surface area contributed by atoms with Crippen LogP contribution >= 0.6 is 0 Å². The van der Waals surface area contributed by atoms with E-state index in [0.29, 0.717) is 12.8 Å². The van der Waals surface area contributed by atoms with Crippen molar-refractivity contribution in [3.63, 3.8) is 0 Å². The van der Waals surface area contributed by atoms with Crippen molar-refractivity contribution in [1.29, 1.82) is 0 Å². The van der Waals surface area contributed by atoms with Gasteiger partial charge in [0.15, 0.2) is 0 Å². The maximum absolute atomic E-state index is 10.9. The zero-order chi connectivity index (χ0) is 14.2. The Balaban J connectivity index is 1.82. The summed E-state index contributed by atoms with van der Waals surface area (Å²) in [5, 5.41) is 15.2. The minimum atomic E-state index is -0.701. The number of hydrogen-bond acceptors (Lipinski definition) is 3. The molecule has 1 atom stereocenters. The number of methoxy groups -OCH3 is 1. The Morgan fingerprint density at radius 2 is 2.20 bits per heavy atom. The summed E-state index contributed by atoms with van der Waals surface area (Å²) in [7, 11) is 3.57.